The van der Waals surface area contributed by atoms with Crippen LogP contribution < -0.4 is 22.1 Å². The highest BCUT2D eigenvalue weighted by Crippen LogP contribution is 2.49. The number of nitrogens with one attached hydrogen (secondary N) is 2. The molecule has 40 heavy (non-hydrogen) atoms. The normalized spacial score (nSPS) is 15.4. The molecule has 8 heteroatoms. The summed E-state index contributed by atoms with van der Waals surface area (Å²) in [7, 11) is 0. The Balaban J connectivity index is 0.00000118. The number of allylic oxidation sites excluding steroid dienone is 1. The van der Waals surface area contributed by atoms with Crippen molar-refractivity contribution in [3.63, 3.8) is 0 Å². The largest absolute Gasteiger partial charge is 0.405 e. The van der Waals surface area contributed by atoms with Gasteiger partial charge in [0.15, 0.2) is 0 Å². The molecule has 0 saturated heterocycles. The minimum absolute atomic E-state index is 0.0294. The summed E-state index contributed by atoms with van der Waals surface area (Å²) in [5.74, 6) is -0.517. The topological polar surface area (TPSA) is 146 Å². The van der Waals surface area contributed by atoms with Crippen LogP contribution >= 0.6 is 0 Å². The second kappa shape index (κ2) is 12.8. The molecule has 2 fully saturated rings. The van der Waals surface area contributed by atoms with Gasteiger partial charge in [-0.15, -0.1) is 0 Å². The minimum Gasteiger partial charge on any atom is -0.405 e. The molecule has 0 atom stereocenters. The van der Waals surface area contributed by atoms with Gasteiger partial charge in [0.1, 0.15) is 6.54 Å². The van der Waals surface area contributed by atoms with Crippen LogP contribution in [0.4, 0.5) is 0 Å². The van der Waals surface area contributed by atoms with E-state index >= 15 is 0 Å². The third-order valence-electron chi connectivity index (χ3n) is 6.94. The van der Waals surface area contributed by atoms with E-state index in [0.29, 0.717) is 17.2 Å². The SMILES string of the molecule is C=CN.N#CCNC(=O)Cc1ccccc1C(=O)NC1(c2cc(/C(C=NC3CC3)=C/N)cc3ccccc23)CC1. The Kier molecular flexibility index (Phi) is 8.97. The third kappa shape index (κ3) is 6.75. The van der Waals surface area contributed by atoms with Crippen molar-refractivity contribution in [3.8, 4) is 6.07 Å². The fourth-order valence-electron chi connectivity index (χ4n) is 4.64. The van der Waals surface area contributed by atoms with Gasteiger partial charge >= 0.3 is 0 Å². The molecular formula is C32H34N6O2. The first-order valence-electron chi connectivity index (χ1n) is 13.3. The standard InChI is InChI=1S/C30H29N5O2.C2H5N/c31-13-14-33-28(36)17-21-6-2-4-8-26(21)29(37)35-30(11-12-30)27-16-22(15-20-5-1-3-7-25(20)27)23(18-32)19-34-24-9-10-24;1-2-3/h1-8,15-16,18-19,24H,9-12,14,17,32H2,(H,33,36)(H,35,37);2H,1,3H2/b23-18+,34-19?;. The number of benzene rings is 3. The van der Waals surface area contributed by atoms with Crippen LogP contribution in [-0.4, -0.2) is 30.6 Å². The molecule has 204 valence electrons. The second-order valence-corrected chi connectivity index (χ2v) is 9.92. The summed E-state index contributed by atoms with van der Waals surface area (Å²) in [6.45, 7) is 3.07. The molecule has 6 N–H and O–H groups in total. The Labute approximate surface area is 234 Å². The van der Waals surface area contributed by atoms with E-state index in [1.54, 1.807) is 30.5 Å². The fraction of sp³-hybridized carbons (Fsp3) is 0.250. The summed E-state index contributed by atoms with van der Waals surface area (Å²) in [6.07, 6.45) is 8.59. The first-order chi connectivity index (χ1) is 19.4. The van der Waals surface area contributed by atoms with Crippen molar-refractivity contribution in [3.05, 3.63) is 102 Å². The Morgan fingerprint density at radius 1 is 1.10 bits per heavy atom. The van der Waals surface area contributed by atoms with Gasteiger partial charge in [0, 0.05) is 23.6 Å². The van der Waals surface area contributed by atoms with Crippen molar-refractivity contribution < 1.29 is 9.59 Å². The number of nitriles is 1. The monoisotopic (exact) mass is 534 g/mol. The molecule has 5 rings (SSSR count). The number of nitrogens with zero attached hydrogens (tertiary/aromatic N) is 2. The number of hydrogen-bond acceptors (Lipinski definition) is 6. The maximum atomic E-state index is 13.5. The van der Waals surface area contributed by atoms with Crippen LogP contribution in [0.15, 0.2) is 84.6 Å². The van der Waals surface area contributed by atoms with Crippen LogP contribution in [0.3, 0.4) is 0 Å². The molecule has 3 aromatic rings. The molecular weight excluding hydrogens is 500 g/mol. The van der Waals surface area contributed by atoms with E-state index in [4.69, 9.17) is 11.0 Å². The zero-order valence-electron chi connectivity index (χ0n) is 22.4. The van der Waals surface area contributed by atoms with Crippen LogP contribution in [0.5, 0.6) is 0 Å². The number of aliphatic imine (C=N–C) groups is 1. The number of carbonyl (C=O) groups excluding carboxylic acids is 2. The lowest BCUT2D eigenvalue weighted by atomic mass is 9.91. The highest BCUT2D eigenvalue weighted by atomic mass is 16.2. The van der Waals surface area contributed by atoms with E-state index in [9.17, 15) is 9.59 Å². The molecule has 2 aliphatic rings. The second-order valence-electron chi connectivity index (χ2n) is 9.92. The molecule has 0 radical (unpaired) electrons. The first kappa shape index (κ1) is 28.1. The number of nitrogens with two attached hydrogens (primary N) is 2. The Hall–Kier alpha value is -4.90. The molecule has 2 saturated carbocycles. The van der Waals surface area contributed by atoms with Crippen molar-refractivity contribution in [1.82, 2.24) is 10.6 Å². The van der Waals surface area contributed by atoms with Crippen molar-refractivity contribution in [2.75, 3.05) is 6.54 Å². The smallest absolute Gasteiger partial charge is 0.252 e. The van der Waals surface area contributed by atoms with Gasteiger partial charge in [-0.25, -0.2) is 0 Å². The zero-order chi connectivity index (χ0) is 28.5. The summed E-state index contributed by atoms with van der Waals surface area (Å²) in [4.78, 5) is 30.4. The molecule has 0 unspecified atom stereocenters. The number of fused-ring (bicyclic) bond motifs is 1. The van der Waals surface area contributed by atoms with Crippen molar-refractivity contribution in [2.45, 2.75) is 43.7 Å². The van der Waals surface area contributed by atoms with Crippen LogP contribution in [0.25, 0.3) is 16.3 Å². The lowest BCUT2D eigenvalue weighted by Gasteiger charge is -2.22. The van der Waals surface area contributed by atoms with E-state index in [0.717, 1.165) is 53.2 Å². The average Bonchev–Trinajstić information content (AvgIpc) is 3.90. The molecule has 8 nitrogen and oxygen atoms in total. The minimum atomic E-state index is -0.504. The maximum absolute atomic E-state index is 13.5. The van der Waals surface area contributed by atoms with Crippen molar-refractivity contribution >= 4 is 34.4 Å². The quantitative estimate of drug-likeness (QED) is 0.241. The number of amides is 2. The highest BCUT2D eigenvalue weighted by Gasteiger charge is 2.47. The highest BCUT2D eigenvalue weighted by molar-refractivity contribution is 6.11. The predicted octanol–water partition coefficient (Wildman–Crippen LogP) is 4.06. The van der Waals surface area contributed by atoms with E-state index in [-0.39, 0.29) is 24.8 Å². The summed E-state index contributed by atoms with van der Waals surface area (Å²) in [6, 6.07) is 21.8. The fourth-order valence-corrected chi connectivity index (χ4v) is 4.64. The van der Waals surface area contributed by atoms with Gasteiger partial charge < -0.3 is 22.1 Å². The average molecular weight is 535 g/mol. The Morgan fingerprint density at radius 3 is 2.48 bits per heavy atom. The zero-order valence-corrected chi connectivity index (χ0v) is 22.4. The lowest BCUT2D eigenvalue weighted by Crippen LogP contribution is -2.36. The Morgan fingerprint density at radius 2 is 1.80 bits per heavy atom. The molecule has 0 aromatic heterocycles. The van der Waals surface area contributed by atoms with Gasteiger partial charge in [0.05, 0.1) is 24.1 Å². The maximum Gasteiger partial charge on any atom is 0.252 e. The summed E-state index contributed by atoms with van der Waals surface area (Å²) < 4.78 is 0. The molecule has 0 heterocycles. The van der Waals surface area contributed by atoms with E-state index in [1.807, 2.05) is 24.4 Å². The van der Waals surface area contributed by atoms with E-state index in [1.165, 1.54) is 6.20 Å². The van der Waals surface area contributed by atoms with Crippen LogP contribution in [0.1, 0.15) is 52.7 Å². The lowest BCUT2D eigenvalue weighted by molar-refractivity contribution is -0.120. The number of carbonyl (C=O) groups is 2. The molecule has 2 amide bonds. The van der Waals surface area contributed by atoms with Gasteiger partial charge in [-0.1, -0.05) is 49.0 Å². The first-order valence-corrected chi connectivity index (χ1v) is 13.3. The van der Waals surface area contributed by atoms with Crippen LogP contribution in [0, 0.1) is 11.3 Å². The van der Waals surface area contributed by atoms with Gasteiger partial charge in [0.25, 0.3) is 5.91 Å². The van der Waals surface area contributed by atoms with Gasteiger partial charge in [-0.3, -0.25) is 14.6 Å². The molecule has 0 aliphatic heterocycles. The van der Waals surface area contributed by atoms with Crippen molar-refractivity contribution in [1.29, 1.82) is 5.26 Å². The van der Waals surface area contributed by atoms with Crippen molar-refractivity contribution in [2.24, 2.45) is 16.5 Å². The molecule has 2 aliphatic carbocycles. The number of hydrogen-bond donors (Lipinski definition) is 4. The molecule has 0 spiro atoms. The van der Waals surface area contributed by atoms with Crippen LogP contribution in [-0.2, 0) is 16.8 Å². The van der Waals surface area contributed by atoms with Gasteiger partial charge in [-0.05, 0) is 77.5 Å². The van der Waals surface area contributed by atoms with Gasteiger partial charge in [-0.2, -0.15) is 5.26 Å². The van der Waals surface area contributed by atoms with E-state index < -0.39 is 5.54 Å². The summed E-state index contributed by atoms with van der Waals surface area (Å²) in [5.41, 5.74) is 14.1. The predicted molar refractivity (Wildman–Crippen MR) is 159 cm³/mol. The van der Waals surface area contributed by atoms with Gasteiger partial charge in [0.2, 0.25) is 5.91 Å². The third-order valence-corrected chi connectivity index (χ3v) is 6.94. The summed E-state index contributed by atoms with van der Waals surface area (Å²) in [5, 5.41) is 16.7. The van der Waals surface area contributed by atoms with Crippen LogP contribution in [0.2, 0.25) is 0 Å². The Bertz CT molecular complexity index is 1510. The molecule has 3 aromatic carbocycles. The molecule has 0 bridgehead atoms. The van der Waals surface area contributed by atoms with E-state index in [2.05, 4.69) is 52.2 Å². The summed E-state index contributed by atoms with van der Waals surface area (Å²) >= 11 is 0. The number of rotatable bonds is 9.